The Balaban J connectivity index is 1.75. The van der Waals surface area contributed by atoms with Crippen LogP contribution in [0.2, 0.25) is 0 Å². The molecule has 0 radical (unpaired) electrons. The van der Waals surface area contributed by atoms with Crippen LogP contribution >= 0.6 is 0 Å². The summed E-state index contributed by atoms with van der Waals surface area (Å²) in [6.45, 7) is 1.25. The molecule has 138 valence electrons. The van der Waals surface area contributed by atoms with E-state index in [-0.39, 0.29) is 24.6 Å². The number of amides is 2. The largest absolute Gasteiger partial charge is 0.346 e. The molecule has 0 spiro atoms. The van der Waals surface area contributed by atoms with Crippen molar-refractivity contribution >= 4 is 17.5 Å². The second-order valence-corrected chi connectivity index (χ2v) is 5.58. The number of hydrogen-bond donors (Lipinski definition) is 3. The van der Waals surface area contributed by atoms with E-state index in [0.29, 0.717) is 5.56 Å². The maximum absolute atomic E-state index is 13.6. The van der Waals surface area contributed by atoms with Gasteiger partial charge in [0, 0.05) is 23.4 Å². The van der Waals surface area contributed by atoms with Crippen LogP contribution in [0.4, 0.5) is 18.9 Å². The molecule has 0 aliphatic carbocycles. The molecule has 2 aromatic carbocycles. The molecule has 0 bridgehead atoms. The van der Waals surface area contributed by atoms with Crippen LogP contribution in [0.3, 0.4) is 0 Å². The zero-order valence-electron chi connectivity index (χ0n) is 14.0. The molecule has 0 saturated heterocycles. The summed E-state index contributed by atoms with van der Waals surface area (Å²) in [5, 5.41) is 7.56. The second kappa shape index (κ2) is 9.00. The van der Waals surface area contributed by atoms with Gasteiger partial charge in [-0.25, -0.2) is 13.2 Å². The normalized spacial score (nSPS) is 11.7. The molecule has 0 saturated carbocycles. The van der Waals surface area contributed by atoms with Gasteiger partial charge in [0.05, 0.1) is 13.1 Å². The van der Waals surface area contributed by atoms with E-state index in [1.165, 1.54) is 12.1 Å². The fourth-order valence-electron chi connectivity index (χ4n) is 2.20. The third kappa shape index (κ3) is 5.59. The number of rotatable bonds is 7. The lowest BCUT2D eigenvalue weighted by Crippen LogP contribution is -2.39. The fraction of sp³-hybridized carbons (Fsp3) is 0.222. The smallest absolute Gasteiger partial charge is 0.243 e. The Bertz CT molecular complexity index is 799. The molecule has 0 aliphatic rings. The summed E-state index contributed by atoms with van der Waals surface area (Å²) < 4.78 is 39.5. The number of carbonyl (C=O) groups is 2. The topological polar surface area (TPSA) is 70.2 Å². The standard InChI is InChI=1S/C18H18F3N3O2/c1-11(13-4-2-3-5-14(13)19)22-9-17(25)23-10-18(26)24-12-6-7-15(20)16(21)8-12/h2-8,11,22H,9-10H2,1H3,(H,23,25)(H,24,26). The fourth-order valence-corrected chi connectivity index (χ4v) is 2.20. The van der Waals surface area contributed by atoms with E-state index in [9.17, 15) is 22.8 Å². The van der Waals surface area contributed by atoms with Crippen molar-refractivity contribution in [2.45, 2.75) is 13.0 Å². The van der Waals surface area contributed by atoms with Gasteiger partial charge >= 0.3 is 0 Å². The predicted molar refractivity (Wildman–Crippen MR) is 90.8 cm³/mol. The maximum Gasteiger partial charge on any atom is 0.243 e. The lowest BCUT2D eigenvalue weighted by atomic mass is 10.1. The van der Waals surface area contributed by atoms with Crippen molar-refractivity contribution in [2.24, 2.45) is 0 Å². The molecule has 0 aliphatic heterocycles. The maximum atomic E-state index is 13.6. The van der Waals surface area contributed by atoms with E-state index in [0.717, 1.165) is 12.1 Å². The molecule has 2 amide bonds. The monoisotopic (exact) mass is 365 g/mol. The molecule has 0 aromatic heterocycles. The first-order valence-corrected chi connectivity index (χ1v) is 7.86. The van der Waals surface area contributed by atoms with Gasteiger partial charge in [0.15, 0.2) is 11.6 Å². The summed E-state index contributed by atoms with van der Waals surface area (Å²) >= 11 is 0. The van der Waals surface area contributed by atoms with Crippen molar-refractivity contribution in [1.82, 2.24) is 10.6 Å². The SMILES string of the molecule is CC(NCC(=O)NCC(=O)Nc1ccc(F)c(F)c1)c1ccccc1F. The second-order valence-electron chi connectivity index (χ2n) is 5.58. The third-order valence-electron chi connectivity index (χ3n) is 3.59. The van der Waals surface area contributed by atoms with Crippen molar-refractivity contribution in [1.29, 1.82) is 0 Å². The molecule has 2 rings (SSSR count). The first kappa shape index (κ1) is 19.5. The van der Waals surface area contributed by atoms with Crippen LogP contribution in [0.15, 0.2) is 42.5 Å². The Kier molecular flexibility index (Phi) is 6.74. The van der Waals surface area contributed by atoms with E-state index < -0.39 is 29.5 Å². The number of nitrogens with one attached hydrogen (secondary N) is 3. The van der Waals surface area contributed by atoms with Crippen molar-refractivity contribution in [3.63, 3.8) is 0 Å². The number of hydrogen-bond acceptors (Lipinski definition) is 3. The van der Waals surface area contributed by atoms with Crippen LogP contribution in [-0.2, 0) is 9.59 Å². The van der Waals surface area contributed by atoms with Crippen LogP contribution < -0.4 is 16.0 Å². The average molecular weight is 365 g/mol. The zero-order valence-corrected chi connectivity index (χ0v) is 14.0. The lowest BCUT2D eigenvalue weighted by Gasteiger charge is -2.14. The molecule has 2 aromatic rings. The summed E-state index contributed by atoms with van der Waals surface area (Å²) in [6, 6.07) is 8.75. The highest BCUT2D eigenvalue weighted by Gasteiger charge is 2.12. The molecular formula is C18H18F3N3O2. The summed E-state index contributed by atoms with van der Waals surface area (Å²) in [6.07, 6.45) is 0. The molecule has 0 heterocycles. The van der Waals surface area contributed by atoms with Gasteiger partial charge in [0.25, 0.3) is 0 Å². The Hall–Kier alpha value is -2.87. The molecule has 8 heteroatoms. The van der Waals surface area contributed by atoms with Gasteiger partial charge in [-0.1, -0.05) is 18.2 Å². The minimum atomic E-state index is -1.09. The van der Waals surface area contributed by atoms with E-state index in [1.807, 2.05) is 0 Å². The highest BCUT2D eigenvalue weighted by atomic mass is 19.2. The van der Waals surface area contributed by atoms with E-state index in [1.54, 1.807) is 25.1 Å². The van der Waals surface area contributed by atoms with Crippen LogP contribution in [0.1, 0.15) is 18.5 Å². The summed E-state index contributed by atoms with van der Waals surface area (Å²) in [7, 11) is 0. The number of carbonyl (C=O) groups excluding carboxylic acids is 2. The number of halogens is 3. The van der Waals surface area contributed by atoms with Gasteiger partial charge < -0.3 is 16.0 Å². The van der Waals surface area contributed by atoms with E-state index in [2.05, 4.69) is 16.0 Å². The molecule has 5 nitrogen and oxygen atoms in total. The molecule has 26 heavy (non-hydrogen) atoms. The molecule has 1 unspecified atom stereocenters. The Morgan fingerprint density at radius 2 is 1.65 bits per heavy atom. The van der Waals surface area contributed by atoms with Crippen LogP contribution in [0.25, 0.3) is 0 Å². The lowest BCUT2D eigenvalue weighted by molar-refractivity contribution is -0.123. The van der Waals surface area contributed by atoms with Crippen molar-refractivity contribution in [3.8, 4) is 0 Å². The van der Waals surface area contributed by atoms with Gasteiger partial charge in [-0.05, 0) is 25.1 Å². The Labute approximate surface area is 148 Å². The predicted octanol–water partition coefficient (Wildman–Crippen LogP) is 2.51. The Morgan fingerprint density at radius 3 is 2.35 bits per heavy atom. The zero-order chi connectivity index (χ0) is 19.1. The molecular weight excluding hydrogens is 347 g/mol. The van der Waals surface area contributed by atoms with Gasteiger partial charge in [-0.15, -0.1) is 0 Å². The summed E-state index contributed by atoms with van der Waals surface area (Å²) in [4.78, 5) is 23.5. The van der Waals surface area contributed by atoms with E-state index in [4.69, 9.17) is 0 Å². The Morgan fingerprint density at radius 1 is 0.923 bits per heavy atom. The molecule has 3 N–H and O–H groups in total. The average Bonchev–Trinajstić information content (AvgIpc) is 2.61. The molecule has 0 fully saturated rings. The van der Waals surface area contributed by atoms with Gasteiger partial charge in [-0.2, -0.15) is 0 Å². The van der Waals surface area contributed by atoms with E-state index >= 15 is 0 Å². The highest BCUT2D eigenvalue weighted by molar-refractivity contribution is 5.94. The number of anilines is 1. The number of benzene rings is 2. The van der Waals surface area contributed by atoms with Crippen molar-refractivity contribution in [3.05, 3.63) is 65.5 Å². The van der Waals surface area contributed by atoms with Crippen molar-refractivity contribution in [2.75, 3.05) is 18.4 Å². The minimum absolute atomic E-state index is 0.0782. The summed E-state index contributed by atoms with van der Waals surface area (Å²) in [5.74, 6) is -3.54. The van der Waals surface area contributed by atoms with Crippen LogP contribution in [0, 0.1) is 17.5 Å². The van der Waals surface area contributed by atoms with Crippen molar-refractivity contribution < 1.29 is 22.8 Å². The highest BCUT2D eigenvalue weighted by Crippen LogP contribution is 2.15. The molecule has 1 atom stereocenters. The minimum Gasteiger partial charge on any atom is -0.346 e. The quantitative estimate of drug-likeness (QED) is 0.706. The van der Waals surface area contributed by atoms with Gasteiger partial charge in [-0.3, -0.25) is 9.59 Å². The van der Waals surface area contributed by atoms with Gasteiger partial charge in [0.2, 0.25) is 11.8 Å². The first-order chi connectivity index (χ1) is 12.4. The first-order valence-electron chi connectivity index (χ1n) is 7.86. The third-order valence-corrected chi connectivity index (χ3v) is 3.59. The van der Waals surface area contributed by atoms with Crippen LogP contribution in [-0.4, -0.2) is 24.9 Å². The summed E-state index contributed by atoms with van der Waals surface area (Å²) in [5.41, 5.74) is 0.505. The van der Waals surface area contributed by atoms with Gasteiger partial charge in [0.1, 0.15) is 5.82 Å². The van der Waals surface area contributed by atoms with Crippen LogP contribution in [0.5, 0.6) is 0 Å².